The van der Waals surface area contributed by atoms with Crippen molar-refractivity contribution in [3.05, 3.63) is 111 Å². The Morgan fingerprint density at radius 3 is 2.37 bits per heavy atom. The number of fused-ring (bicyclic) bond motifs is 1. The third-order valence-electron chi connectivity index (χ3n) is 5.14. The van der Waals surface area contributed by atoms with Crippen LogP contribution in [0.1, 0.15) is 22.3 Å². The largest absolute Gasteiger partial charge is 0.378 e. The van der Waals surface area contributed by atoms with E-state index >= 15 is 0 Å². The second-order valence-corrected chi connectivity index (χ2v) is 7.63. The molecule has 0 bridgehead atoms. The van der Waals surface area contributed by atoms with Crippen LogP contribution < -0.4 is 10.5 Å². The highest BCUT2D eigenvalue weighted by Gasteiger charge is 2.06. The van der Waals surface area contributed by atoms with Crippen molar-refractivity contribution in [2.24, 2.45) is 0 Å². The average molecular weight is 393 g/mol. The van der Waals surface area contributed by atoms with Crippen LogP contribution in [0.5, 0.6) is 0 Å². The number of H-pyrrole nitrogens is 1. The summed E-state index contributed by atoms with van der Waals surface area (Å²) in [5, 5.41) is 1.00. The molecule has 0 saturated heterocycles. The summed E-state index contributed by atoms with van der Waals surface area (Å²) in [5.41, 5.74) is 5.97. The Morgan fingerprint density at radius 1 is 0.867 bits per heavy atom. The van der Waals surface area contributed by atoms with E-state index in [0.717, 1.165) is 39.7 Å². The highest BCUT2D eigenvalue weighted by atomic mass is 16.1. The van der Waals surface area contributed by atoms with Gasteiger partial charge in [-0.25, -0.2) is 0 Å². The van der Waals surface area contributed by atoms with Crippen molar-refractivity contribution in [3.8, 4) is 11.8 Å². The zero-order valence-corrected chi connectivity index (χ0v) is 17.3. The summed E-state index contributed by atoms with van der Waals surface area (Å²) in [6.45, 7) is 0. The molecule has 0 saturated carbocycles. The van der Waals surface area contributed by atoms with Crippen molar-refractivity contribution in [2.75, 3.05) is 19.0 Å². The van der Waals surface area contributed by atoms with E-state index in [0.29, 0.717) is 6.42 Å². The molecule has 0 aliphatic heterocycles. The van der Waals surface area contributed by atoms with Crippen molar-refractivity contribution in [2.45, 2.75) is 12.8 Å². The van der Waals surface area contributed by atoms with E-state index in [-0.39, 0.29) is 5.56 Å². The molecule has 0 unspecified atom stereocenters. The number of nitrogens with one attached hydrogen (secondary N) is 1. The molecular formula is C27H24N2O. The second-order valence-electron chi connectivity index (χ2n) is 7.63. The maximum atomic E-state index is 12.5. The summed E-state index contributed by atoms with van der Waals surface area (Å²) in [6, 6.07) is 26.4. The summed E-state index contributed by atoms with van der Waals surface area (Å²) in [7, 11) is 4.03. The van der Waals surface area contributed by atoms with Crippen LogP contribution in [0.2, 0.25) is 0 Å². The molecule has 0 aliphatic carbocycles. The molecule has 4 aromatic rings. The molecule has 0 radical (unpaired) electrons. The van der Waals surface area contributed by atoms with Gasteiger partial charge in [0.25, 0.3) is 5.56 Å². The summed E-state index contributed by atoms with van der Waals surface area (Å²) in [5.74, 6) is 6.48. The zero-order chi connectivity index (χ0) is 20.9. The van der Waals surface area contributed by atoms with Crippen LogP contribution in [0.15, 0.2) is 83.7 Å². The minimum Gasteiger partial charge on any atom is -0.378 e. The van der Waals surface area contributed by atoms with Crippen LogP contribution in [0.4, 0.5) is 5.69 Å². The fourth-order valence-electron chi connectivity index (χ4n) is 3.44. The average Bonchev–Trinajstić information content (AvgIpc) is 2.75. The first kappa shape index (κ1) is 19.5. The molecule has 3 aromatic carbocycles. The summed E-state index contributed by atoms with van der Waals surface area (Å²) < 4.78 is 0. The van der Waals surface area contributed by atoms with Crippen LogP contribution in [-0.2, 0) is 12.8 Å². The Bertz CT molecular complexity index is 1270. The molecular weight excluding hydrogens is 368 g/mol. The molecule has 0 atom stereocenters. The van der Waals surface area contributed by atoms with E-state index in [4.69, 9.17) is 0 Å². The van der Waals surface area contributed by atoms with Crippen molar-refractivity contribution in [3.63, 3.8) is 0 Å². The molecule has 1 N–H and O–H groups in total. The number of hydrogen-bond acceptors (Lipinski definition) is 2. The van der Waals surface area contributed by atoms with Crippen molar-refractivity contribution < 1.29 is 0 Å². The monoisotopic (exact) mass is 392 g/mol. The van der Waals surface area contributed by atoms with E-state index in [2.05, 4.69) is 58.1 Å². The van der Waals surface area contributed by atoms with E-state index in [9.17, 15) is 4.79 Å². The lowest BCUT2D eigenvalue weighted by atomic mass is 10.0. The number of anilines is 1. The third kappa shape index (κ3) is 4.61. The van der Waals surface area contributed by atoms with Crippen molar-refractivity contribution in [1.29, 1.82) is 0 Å². The number of pyridine rings is 1. The Kier molecular flexibility index (Phi) is 5.68. The van der Waals surface area contributed by atoms with Gasteiger partial charge in [-0.1, -0.05) is 54.3 Å². The number of aromatic nitrogens is 1. The zero-order valence-electron chi connectivity index (χ0n) is 17.3. The van der Waals surface area contributed by atoms with Crippen molar-refractivity contribution in [1.82, 2.24) is 4.98 Å². The van der Waals surface area contributed by atoms with E-state index in [1.165, 1.54) is 5.56 Å². The summed E-state index contributed by atoms with van der Waals surface area (Å²) >= 11 is 0. The highest BCUT2D eigenvalue weighted by molar-refractivity contribution is 5.80. The van der Waals surface area contributed by atoms with Gasteiger partial charge in [0.2, 0.25) is 0 Å². The molecule has 1 aromatic heterocycles. The minimum atomic E-state index is -0.0397. The van der Waals surface area contributed by atoms with Crippen LogP contribution >= 0.6 is 0 Å². The van der Waals surface area contributed by atoms with Crippen LogP contribution in [0.3, 0.4) is 0 Å². The molecule has 3 heteroatoms. The molecule has 30 heavy (non-hydrogen) atoms. The second kappa shape index (κ2) is 8.71. The van der Waals surface area contributed by atoms with Gasteiger partial charge in [0.15, 0.2) is 0 Å². The molecule has 0 spiro atoms. The van der Waals surface area contributed by atoms with E-state index in [1.807, 2.05) is 56.6 Å². The molecule has 0 aliphatic rings. The SMILES string of the molecule is CN(C)c1ccc(Cc2cc3cc(C#CCc4ccccc4)ccc3[nH]c2=O)cc1. The Labute approximate surface area is 177 Å². The maximum absolute atomic E-state index is 12.5. The van der Waals surface area contributed by atoms with Gasteiger partial charge >= 0.3 is 0 Å². The molecule has 1 heterocycles. The standard InChI is InChI=1S/C27H24N2O/c1-29(2)25-14-11-22(12-15-25)18-24-19-23-17-21(13-16-26(23)28-27(24)30)10-6-9-20-7-4-3-5-8-20/h3-5,7-8,11-17,19H,9,18H2,1-2H3,(H,28,30). The molecule has 3 nitrogen and oxygen atoms in total. The highest BCUT2D eigenvalue weighted by Crippen LogP contribution is 2.17. The smallest absolute Gasteiger partial charge is 0.251 e. The van der Waals surface area contributed by atoms with Crippen molar-refractivity contribution >= 4 is 16.6 Å². The van der Waals surface area contributed by atoms with Crippen LogP contribution in [-0.4, -0.2) is 19.1 Å². The lowest BCUT2D eigenvalue weighted by Gasteiger charge is -2.12. The Hall–Kier alpha value is -3.77. The summed E-state index contributed by atoms with van der Waals surface area (Å²) in [4.78, 5) is 17.6. The number of nitrogens with zero attached hydrogens (tertiary/aromatic N) is 1. The minimum absolute atomic E-state index is 0.0397. The lowest BCUT2D eigenvalue weighted by Crippen LogP contribution is -2.13. The number of rotatable bonds is 4. The van der Waals surface area contributed by atoms with Gasteiger partial charge in [0.1, 0.15) is 0 Å². The maximum Gasteiger partial charge on any atom is 0.251 e. The van der Waals surface area contributed by atoms with Crippen LogP contribution in [0, 0.1) is 11.8 Å². The predicted molar refractivity (Wildman–Crippen MR) is 125 cm³/mol. The number of aromatic amines is 1. The molecule has 148 valence electrons. The normalized spacial score (nSPS) is 10.5. The first-order valence-corrected chi connectivity index (χ1v) is 10.0. The van der Waals surface area contributed by atoms with Gasteiger partial charge in [-0.2, -0.15) is 0 Å². The van der Waals surface area contributed by atoms with Crippen LogP contribution in [0.25, 0.3) is 10.9 Å². The first-order valence-electron chi connectivity index (χ1n) is 10.0. The van der Waals surface area contributed by atoms with Gasteiger partial charge in [-0.15, -0.1) is 0 Å². The fraction of sp³-hybridized carbons (Fsp3) is 0.148. The van der Waals surface area contributed by atoms with Gasteiger partial charge in [0.05, 0.1) is 0 Å². The summed E-state index contributed by atoms with van der Waals surface area (Å²) in [6.07, 6.45) is 1.32. The van der Waals surface area contributed by atoms with Gasteiger partial charge in [-0.05, 0) is 52.9 Å². The molecule has 0 fully saturated rings. The van der Waals surface area contributed by atoms with E-state index < -0.39 is 0 Å². The van der Waals surface area contributed by atoms with E-state index in [1.54, 1.807) is 0 Å². The number of hydrogen-bond donors (Lipinski definition) is 1. The Morgan fingerprint density at radius 2 is 1.63 bits per heavy atom. The lowest BCUT2D eigenvalue weighted by molar-refractivity contribution is 1.10. The van der Waals surface area contributed by atoms with Gasteiger partial charge in [-0.3, -0.25) is 4.79 Å². The number of benzene rings is 3. The fourth-order valence-corrected chi connectivity index (χ4v) is 3.44. The Balaban J connectivity index is 1.58. The predicted octanol–water partition coefficient (Wildman–Crippen LogP) is 4.78. The third-order valence-corrected chi connectivity index (χ3v) is 5.14. The first-order chi connectivity index (χ1) is 14.6. The molecule has 4 rings (SSSR count). The molecule has 0 amide bonds. The topological polar surface area (TPSA) is 36.1 Å². The quantitative estimate of drug-likeness (QED) is 0.508. The van der Waals surface area contributed by atoms with Gasteiger partial charge < -0.3 is 9.88 Å². The van der Waals surface area contributed by atoms with Gasteiger partial charge in [0, 0.05) is 49.3 Å².